The van der Waals surface area contributed by atoms with Crippen LogP contribution in [-0.2, 0) is 10.1 Å². The number of hydrogen-bond acceptors (Lipinski definition) is 3. The molecule has 0 saturated heterocycles. The second-order valence-corrected chi connectivity index (χ2v) is 5.87. The van der Waals surface area contributed by atoms with Crippen LogP contribution in [0.3, 0.4) is 0 Å². The van der Waals surface area contributed by atoms with Crippen molar-refractivity contribution in [1.29, 1.82) is 0 Å². The van der Waals surface area contributed by atoms with Crippen molar-refractivity contribution in [3.05, 3.63) is 29.3 Å². The SMILES string of the molecule is CC(C)c1cccc(S(=O)(=O)[O-])c1C(C)C.[K+]. The van der Waals surface area contributed by atoms with E-state index in [4.69, 9.17) is 0 Å². The molecule has 1 aromatic rings. The normalized spacial score (nSPS) is 11.7. The number of rotatable bonds is 3. The summed E-state index contributed by atoms with van der Waals surface area (Å²) in [5.41, 5.74) is 1.60. The molecule has 5 heteroatoms. The molecule has 0 bridgehead atoms. The van der Waals surface area contributed by atoms with Gasteiger partial charge in [0.05, 0.1) is 4.90 Å². The van der Waals surface area contributed by atoms with Crippen molar-refractivity contribution < 1.29 is 64.4 Å². The molecule has 0 aromatic heterocycles. The zero-order valence-corrected chi connectivity index (χ0v) is 15.0. The average Bonchev–Trinajstić information content (AvgIpc) is 2.14. The second-order valence-electron chi connectivity index (χ2n) is 4.52. The molecule has 0 spiro atoms. The fourth-order valence-corrected chi connectivity index (χ4v) is 2.77. The van der Waals surface area contributed by atoms with E-state index in [-0.39, 0.29) is 68.1 Å². The van der Waals surface area contributed by atoms with E-state index < -0.39 is 10.1 Å². The van der Waals surface area contributed by atoms with Crippen molar-refractivity contribution in [3.63, 3.8) is 0 Å². The Labute approximate surface area is 146 Å². The molecule has 0 N–H and O–H groups in total. The molecule has 1 aromatic carbocycles. The predicted molar refractivity (Wildman–Crippen MR) is 62.6 cm³/mol. The van der Waals surface area contributed by atoms with Gasteiger partial charge < -0.3 is 4.55 Å². The van der Waals surface area contributed by atoms with E-state index >= 15 is 0 Å². The van der Waals surface area contributed by atoms with Crippen LogP contribution < -0.4 is 51.4 Å². The number of benzene rings is 1. The smallest absolute Gasteiger partial charge is 0.744 e. The maximum atomic E-state index is 11.2. The minimum Gasteiger partial charge on any atom is -0.744 e. The van der Waals surface area contributed by atoms with Gasteiger partial charge in [-0.2, -0.15) is 0 Å². The summed E-state index contributed by atoms with van der Waals surface area (Å²) < 4.78 is 33.5. The largest absolute Gasteiger partial charge is 1.00 e. The van der Waals surface area contributed by atoms with Crippen LogP contribution in [0.2, 0.25) is 0 Å². The van der Waals surface area contributed by atoms with Crippen LogP contribution in [0.1, 0.15) is 50.7 Å². The van der Waals surface area contributed by atoms with Crippen LogP contribution in [0, 0.1) is 0 Å². The molecular weight excluding hydrogens is 263 g/mol. The first kappa shape index (κ1) is 17.8. The van der Waals surface area contributed by atoms with Crippen LogP contribution in [-0.4, -0.2) is 13.0 Å². The molecule has 0 atom stereocenters. The maximum Gasteiger partial charge on any atom is 1.00 e. The van der Waals surface area contributed by atoms with Crippen LogP contribution in [0.25, 0.3) is 0 Å². The Morgan fingerprint density at radius 2 is 1.59 bits per heavy atom. The summed E-state index contributed by atoms with van der Waals surface area (Å²) in [5.74, 6) is 0.233. The molecule has 0 aliphatic carbocycles. The van der Waals surface area contributed by atoms with Crippen molar-refractivity contribution in [2.75, 3.05) is 0 Å². The van der Waals surface area contributed by atoms with E-state index in [9.17, 15) is 13.0 Å². The molecule has 0 aliphatic heterocycles. The second kappa shape index (κ2) is 6.79. The summed E-state index contributed by atoms with van der Waals surface area (Å²) in [6.45, 7) is 7.77. The zero-order valence-electron chi connectivity index (χ0n) is 11.0. The fraction of sp³-hybridized carbons (Fsp3) is 0.500. The Hall–Kier alpha value is 0.766. The fourth-order valence-electron chi connectivity index (χ4n) is 1.90. The Morgan fingerprint density at radius 1 is 1.06 bits per heavy atom. The average molecular weight is 280 g/mol. The molecule has 0 radical (unpaired) electrons. The van der Waals surface area contributed by atoms with Crippen molar-refractivity contribution in [1.82, 2.24) is 0 Å². The van der Waals surface area contributed by atoms with E-state index in [1.165, 1.54) is 6.07 Å². The summed E-state index contributed by atoms with van der Waals surface area (Å²) in [4.78, 5) is -0.0753. The topological polar surface area (TPSA) is 57.2 Å². The van der Waals surface area contributed by atoms with Crippen LogP contribution >= 0.6 is 0 Å². The Kier molecular flexibility index (Phi) is 7.10. The third-order valence-electron chi connectivity index (χ3n) is 2.57. The minimum absolute atomic E-state index is 0. The quantitative estimate of drug-likeness (QED) is 0.571. The van der Waals surface area contributed by atoms with Gasteiger partial charge in [-0.25, -0.2) is 8.42 Å². The molecule has 0 heterocycles. The molecule has 0 fully saturated rings. The van der Waals surface area contributed by atoms with Crippen molar-refractivity contribution in [2.24, 2.45) is 0 Å². The zero-order chi connectivity index (χ0) is 12.5. The van der Waals surface area contributed by atoms with E-state index in [0.29, 0.717) is 5.56 Å². The third-order valence-corrected chi connectivity index (χ3v) is 3.46. The molecule has 0 saturated carbocycles. The standard InChI is InChI=1S/C12H18O3S.K/c1-8(2)10-6-5-7-11(16(13,14)15)12(10)9(3)4;/h5-9H,1-4H3,(H,13,14,15);/q;+1/p-1. The summed E-state index contributed by atoms with van der Waals surface area (Å²) in [7, 11) is -4.38. The van der Waals surface area contributed by atoms with Gasteiger partial charge in [-0.1, -0.05) is 39.8 Å². The van der Waals surface area contributed by atoms with Gasteiger partial charge in [0.1, 0.15) is 10.1 Å². The van der Waals surface area contributed by atoms with Crippen LogP contribution in [0.4, 0.5) is 0 Å². The molecule has 0 unspecified atom stereocenters. The number of hydrogen-bond donors (Lipinski definition) is 0. The minimum atomic E-state index is -4.38. The van der Waals surface area contributed by atoms with Gasteiger partial charge in [0.2, 0.25) is 0 Å². The molecule has 17 heavy (non-hydrogen) atoms. The Morgan fingerprint density at radius 3 is 1.94 bits per heavy atom. The van der Waals surface area contributed by atoms with Crippen molar-refractivity contribution in [2.45, 2.75) is 44.4 Å². The van der Waals surface area contributed by atoms with Gasteiger partial charge in [-0.3, -0.25) is 0 Å². The molecule has 0 amide bonds. The van der Waals surface area contributed by atoms with Crippen LogP contribution in [0.15, 0.2) is 23.1 Å². The molecule has 0 aliphatic rings. The predicted octanol–water partition coefficient (Wildman–Crippen LogP) is -0.158. The van der Waals surface area contributed by atoms with Gasteiger partial charge >= 0.3 is 51.4 Å². The van der Waals surface area contributed by atoms with E-state index in [0.717, 1.165) is 5.56 Å². The summed E-state index contributed by atoms with van der Waals surface area (Å²) in [6, 6.07) is 4.91. The van der Waals surface area contributed by atoms with Crippen molar-refractivity contribution >= 4 is 10.1 Å². The maximum absolute atomic E-state index is 11.2. The van der Waals surface area contributed by atoms with Crippen LogP contribution in [0.5, 0.6) is 0 Å². The van der Waals surface area contributed by atoms with Gasteiger partial charge in [0, 0.05) is 0 Å². The van der Waals surface area contributed by atoms with E-state index in [1.807, 2.05) is 33.8 Å². The monoisotopic (exact) mass is 280 g/mol. The van der Waals surface area contributed by atoms with Crippen molar-refractivity contribution in [3.8, 4) is 0 Å². The molecule has 90 valence electrons. The van der Waals surface area contributed by atoms with Gasteiger partial charge in [-0.15, -0.1) is 0 Å². The molecular formula is C12H17KO3S. The first-order valence-electron chi connectivity index (χ1n) is 5.33. The first-order valence-corrected chi connectivity index (χ1v) is 6.74. The summed E-state index contributed by atoms with van der Waals surface area (Å²) >= 11 is 0. The Balaban J connectivity index is 0.00000256. The molecule has 1 rings (SSSR count). The molecule has 3 nitrogen and oxygen atoms in total. The Bertz CT molecular complexity index is 479. The van der Waals surface area contributed by atoms with Gasteiger partial charge in [-0.05, 0) is 29.0 Å². The van der Waals surface area contributed by atoms with Gasteiger partial charge in [0.15, 0.2) is 0 Å². The first-order chi connectivity index (χ1) is 7.25. The third kappa shape index (κ3) is 4.42. The van der Waals surface area contributed by atoms with E-state index in [1.54, 1.807) is 6.07 Å². The van der Waals surface area contributed by atoms with E-state index in [2.05, 4.69) is 0 Å². The summed E-state index contributed by atoms with van der Waals surface area (Å²) in [5, 5.41) is 0. The summed E-state index contributed by atoms with van der Waals surface area (Å²) in [6.07, 6.45) is 0. The van der Waals surface area contributed by atoms with Gasteiger partial charge in [0.25, 0.3) is 0 Å².